The first kappa shape index (κ1) is 10.8. The molecule has 1 saturated heterocycles. The van der Waals surface area contributed by atoms with Crippen LogP contribution in [0.1, 0.15) is 12.0 Å². The molecule has 0 aromatic heterocycles. The van der Waals surface area contributed by atoms with E-state index in [1.807, 2.05) is 24.8 Å². The molecule has 15 heavy (non-hydrogen) atoms. The Balaban J connectivity index is 1.92. The second kappa shape index (κ2) is 4.88. The van der Waals surface area contributed by atoms with E-state index in [0.717, 1.165) is 23.7 Å². The average Bonchev–Trinajstić information content (AvgIpc) is 2.65. The molecular formula is C12H16FNS. The number of aryl methyl sites for hydroxylation is 1. The maximum absolute atomic E-state index is 13.1. The number of halogens is 1. The summed E-state index contributed by atoms with van der Waals surface area (Å²) in [5.41, 5.74) is 1.88. The summed E-state index contributed by atoms with van der Waals surface area (Å²) in [5.74, 6) is 3.10. The fraction of sp³-hybridized carbons (Fsp3) is 0.500. The number of thioether (sulfide) groups is 1. The summed E-state index contributed by atoms with van der Waals surface area (Å²) in [4.78, 5) is 0. The Bertz CT molecular complexity index is 314. The first-order valence-electron chi connectivity index (χ1n) is 5.33. The number of benzene rings is 1. The Labute approximate surface area is 94.5 Å². The molecule has 1 nitrogen and oxygen atoms in total. The molecule has 1 atom stereocenters. The molecular weight excluding hydrogens is 209 g/mol. The topological polar surface area (TPSA) is 12.0 Å². The molecule has 1 N–H and O–H groups in total. The van der Waals surface area contributed by atoms with E-state index in [-0.39, 0.29) is 5.82 Å². The average molecular weight is 225 g/mol. The Kier molecular flexibility index (Phi) is 3.52. The summed E-state index contributed by atoms with van der Waals surface area (Å²) < 4.78 is 13.1. The highest BCUT2D eigenvalue weighted by Crippen LogP contribution is 2.24. The van der Waals surface area contributed by atoms with E-state index in [1.165, 1.54) is 17.9 Å². The Morgan fingerprint density at radius 2 is 2.33 bits per heavy atom. The molecule has 3 heteroatoms. The lowest BCUT2D eigenvalue weighted by Gasteiger charge is -2.11. The minimum atomic E-state index is -0.154. The van der Waals surface area contributed by atoms with Gasteiger partial charge in [-0.1, -0.05) is 0 Å². The molecule has 0 radical (unpaired) electrons. The summed E-state index contributed by atoms with van der Waals surface area (Å²) in [5, 5.41) is 3.31. The number of rotatable bonds is 3. The van der Waals surface area contributed by atoms with Crippen LogP contribution in [0.4, 0.5) is 10.1 Å². The van der Waals surface area contributed by atoms with Crippen LogP contribution in [0.25, 0.3) is 0 Å². The van der Waals surface area contributed by atoms with Crippen molar-refractivity contribution < 1.29 is 4.39 Å². The van der Waals surface area contributed by atoms with E-state index >= 15 is 0 Å². The van der Waals surface area contributed by atoms with Gasteiger partial charge < -0.3 is 5.32 Å². The summed E-state index contributed by atoms with van der Waals surface area (Å²) in [7, 11) is 0. The van der Waals surface area contributed by atoms with Crippen LogP contribution in [0.5, 0.6) is 0 Å². The van der Waals surface area contributed by atoms with Crippen LogP contribution < -0.4 is 5.32 Å². The van der Waals surface area contributed by atoms with Crippen LogP contribution in [0.3, 0.4) is 0 Å². The van der Waals surface area contributed by atoms with Gasteiger partial charge in [-0.05, 0) is 54.5 Å². The molecule has 1 aromatic carbocycles. The lowest BCUT2D eigenvalue weighted by molar-refractivity contribution is 0.621. The number of nitrogens with one attached hydrogen (secondary N) is 1. The highest BCUT2D eigenvalue weighted by molar-refractivity contribution is 7.99. The minimum Gasteiger partial charge on any atom is -0.385 e. The van der Waals surface area contributed by atoms with Gasteiger partial charge in [0.1, 0.15) is 5.82 Å². The van der Waals surface area contributed by atoms with E-state index in [1.54, 1.807) is 12.1 Å². The molecule has 1 heterocycles. The highest BCUT2D eigenvalue weighted by atomic mass is 32.2. The first-order chi connectivity index (χ1) is 7.24. The fourth-order valence-electron chi connectivity index (χ4n) is 1.84. The molecule has 2 rings (SSSR count). The molecule has 82 valence electrons. The Hall–Kier alpha value is -0.700. The molecule has 0 amide bonds. The second-order valence-electron chi connectivity index (χ2n) is 4.13. The highest BCUT2D eigenvalue weighted by Gasteiger charge is 2.14. The normalized spacial score (nSPS) is 20.5. The van der Waals surface area contributed by atoms with Crippen LogP contribution in [-0.4, -0.2) is 18.1 Å². The summed E-state index contributed by atoms with van der Waals surface area (Å²) in [6.45, 7) is 2.88. The van der Waals surface area contributed by atoms with E-state index in [2.05, 4.69) is 5.32 Å². The van der Waals surface area contributed by atoms with Crippen molar-refractivity contribution in [1.29, 1.82) is 0 Å². The van der Waals surface area contributed by atoms with Gasteiger partial charge in [0.05, 0.1) is 0 Å². The lowest BCUT2D eigenvalue weighted by Crippen LogP contribution is -2.13. The van der Waals surface area contributed by atoms with Crippen LogP contribution >= 0.6 is 11.8 Å². The maximum Gasteiger partial charge on any atom is 0.125 e. The van der Waals surface area contributed by atoms with E-state index in [4.69, 9.17) is 0 Å². The predicted octanol–water partition coefficient (Wildman–Crippen LogP) is 3.30. The molecule has 0 aliphatic carbocycles. The van der Waals surface area contributed by atoms with Gasteiger partial charge in [-0.3, -0.25) is 0 Å². The van der Waals surface area contributed by atoms with Crippen molar-refractivity contribution in [2.24, 2.45) is 5.92 Å². The molecule has 0 saturated carbocycles. The molecule has 1 unspecified atom stereocenters. The number of hydrogen-bond donors (Lipinski definition) is 1. The van der Waals surface area contributed by atoms with Crippen molar-refractivity contribution in [1.82, 2.24) is 0 Å². The third kappa shape index (κ3) is 3.13. The van der Waals surface area contributed by atoms with Crippen molar-refractivity contribution in [2.45, 2.75) is 13.3 Å². The molecule has 1 aliphatic rings. The molecule has 1 aromatic rings. The molecule has 0 spiro atoms. The molecule has 0 bridgehead atoms. The standard InChI is InChI=1S/C12H16FNS/c1-9-4-11(13)6-12(5-9)14-7-10-2-3-15-8-10/h4-6,10,14H,2-3,7-8H2,1H3. The van der Waals surface area contributed by atoms with Gasteiger partial charge in [-0.25, -0.2) is 4.39 Å². The van der Waals surface area contributed by atoms with Gasteiger partial charge in [0.15, 0.2) is 0 Å². The van der Waals surface area contributed by atoms with Crippen LogP contribution in [0.15, 0.2) is 18.2 Å². The zero-order valence-electron chi connectivity index (χ0n) is 8.92. The minimum absolute atomic E-state index is 0.154. The van der Waals surface area contributed by atoms with Gasteiger partial charge >= 0.3 is 0 Å². The Morgan fingerprint density at radius 1 is 1.47 bits per heavy atom. The van der Waals surface area contributed by atoms with Crippen LogP contribution in [0.2, 0.25) is 0 Å². The van der Waals surface area contributed by atoms with Crippen molar-refractivity contribution in [3.8, 4) is 0 Å². The van der Waals surface area contributed by atoms with Crippen molar-refractivity contribution in [3.63, 3.8) is 0 Å². The van der Waals surface area contributed by atoms with Crippen LogP contribution in [-0.2, 0) is 0 Å². The maximum atomic E-state index is 13.1. The third-order valence-electron chi connectivity index (χ3n) is 2.66. The van der Waals surface area contributed by atoms with E-state index in [9.17, 15) is 4.39 Å². The fourth-order valence-corrected chi connectivity index (χ4v) is 3.13. The quantitative estimate of drug-likeness (QED) is 0.847. The van der Waals surface area contributed by atoms with Gasteiger partial charge in [0, 0.05) is 12.2 Å². The summed E-state index contributed by atoms with van der Waals surface area (Å²) in [6, 6.07) is 5.11. The Morgan fingerprint density at radius 3 is 3.00 bits per heavy atom. The summed E-state index contributed by atoms with van der Waals surface area (Å²) in [6.07, 6.45) is 1.28. The van der Waals surface area contributed by atoms with Gasteiger partial charge in [0.2, 0.25) is 0 Å². The van der Waals surface area contributed by atoms with E-state index < -0.39 is 0 Å². The monoisotopic (exact) mass is 225 g/mol. The lowest BCUT2D eigenvalue weighted by atomic mass is 10.1. The zero-order valence-corrected chi connectivity index (χ0v) is 9.74. The molecule has 1 fully saturated rings. The first-order valence-corrected chi connectivity index (χ1v) is 6.48. The largest absolute Gasteiger partial charge is 0.385 e. The van der Waals surface area contributed by atoms with Crippen molar-refractivity contribution in [3.05, 3.63) is 29.6 Å². The smallest absolute Gasteiger partial charge is 0.125 e. The van der Waals surface area contributed by atoms with Gasteiger partial charge in [-0.15, -0.1) is 0 Å². The van der Waals surface area contributed by atoms with E-state index in [0.29, 0.717) is 0 Å². The number of hydrogen-bond acceptors (Lipinski definition) is 2. The second-order valence-corrected chi connectivity index (χ2v) is 5.28. The summed E-state index contributed by atoms with van der Waals surface area (Å²) >= 11 is 2.01. The van der Waals surface area contributed by atoms with Gasteiger partial charge in [-0.2, -0.15) is 11.8 Å². The zero-order chi connectivity index (χ0) is 10.7. The van der Waals surface area contributed by atoms with Gasteiger partial charge in [0.25, 0.3) is 0 Å². The SMILES string of the molecule is Cc1cc(F)cc(NCC2CCSC2)c1. The molecule has 1 aliphatic heterocycles. The number of anilines is 1. The van der Waals surface area contributed by atoms with Crippen molar-refractivity contribution in [2.75, 3.05) is 23.4 Å². The van der Waals surface area contributed by atoms with Crippen molar-refractivity contribution >= 4 is 17.4 Å². The predicted molar refractivity (Wildman–Crippen MR) is 65.1 cm³/mol. The third-order valence-corrected chi connectivity index (χ3v) is 3.89. The van der Waals surface area contributed by atoms with Crippen LogP contribution in [0, 0.1) is 18.7 Å².